The predicted molar refractivity (Wildman–Crippen MR) is 273 cm³/mol. The Bertz CT molecular complexity index is 2660. The van der Waals surface area contributed by atoms with E-state index >= 15 is 0 Å². The number of carbonyl (C=O) groups is 5. The highest BCUT2D eigenvalue weighted by Gasteiger charge is 2.46. The number of ketones is 2. The van der Waals surface area contributed by atoms with E-state index in [0.717, 1.165) is 5.56 Å². The number of nitrogens with two attached hydrogens (primary N) is 2. The minimum atomic E-state index is -4.31. The summed E-state index contributed by atoms with van der Waals surface area (Å²) in [7, 11) is -4.31. The van der Waals surface area contributed by atoms with Gasteiger partial charge in [-0.15, -0.1) is 6.42 Å². The van der Waals surface area contributed by atoms with Crippen LogP contribution >= 0.6 is 0 Å². The molecule has 0 saturated heterocycles. The number of amides is 4. The van der Waals surface area contributed by atoms with Gasteiger partial charge in [-0.2, -0.15) is 8.42 Å². The summed E-state index contributed by atoms with van der Waals surface area (Å²) in [5, 5.41) is 38.7. The maximum atomic E-state index is 13.9. The second kappa shape index (κ2) is 29.5. The third kappa shape index (κ3) is 18.8. The predicted octanol–water partition coefficient (Wildman–Crippen LogP) is 1.97. The van der Waals surface area contributed by atoms with Crippen LogP contribution in [0.5, 0.6) is 0 Å². The van der Waals surface area contributed by atoms with Gasteiger partial charge in [-0.3, -0.25) is 23.4 Å². The maximum absolute atomic E-state index is 13.9. The Labute approximate surface area is 431 Å². The van der Waals surface area contributed by atoms with Crippen LogP contribution in [-0.4, -0.2) is 134 Å². The molecule has 24 heteroatoms. The number of ether oxygens (including phenoxy) is 3. The van der Waals surface area contributed by atoms with Crippen LogP contribution < -0.4 is 36.7 Å². The number of terminal acetylenes is 1. The molecular weight excluding hydrogens is 981 g/mol. The second-order valence-electron chi connectivity index (χ2n) is 18.0. The molecule has 1 aliphatic carbocycles. The lowest BCUT2D eigenvalue weighted by Gasteiger charge is -2.24. The Morgan fingerprint density at radius 2 is 1.62 bits per heavy atom. The third-order valence-electron chi connectivity index (χ3n) is 12.0. The monoisotopic (exact) mass is 1050 g/mol. The zero-order valence-corrected chi connectivity index (χ0v) is 43.1. The van der Waals surface area contributed by atoms with Crippen molar-refractivity contribution < 1.29 is 65.6 Å². The lowest BCUT2D eigenvalue weighted by atomic mass is 9.89. The van der Waals surface area contributed by atoms with Gasteiger partial charge >= 0.3 is 16.3 Å². The topological polar surface area (TPSA) is 332 Å². The summed E-state index contributed by atoms with van der Waals surface area (Å²) in [6.07, 6.45) is 6.86. The molecule has 2 heterocycles. The van der Waals surface area contributed by atoms with Crippen LogP contribution in [0.2, 0.25) is 0 Å². The smallest absolute Gasteiger partial charge is 0.333 e. The van der Waals surface area contributed by atoms with Crippen LogP contribution in [-0.2, 0) is 54.4 Å². The van der Waals surface area contributed by atoms with Crippen LogP contribution in [0, 0.1) is 37.5 Å². The van der Waals surface area contributed by atoms with Crippen molar-refractivity contribution in [3.63, 3.8) is 0 Å². The summed E-state index contributed by atoms with van der Waals surface area (Å²) < 4.78 is 47.7. The summed E-state index contributed by atoms with van der Waals surface area (Å²) in [5.41, 5.74) is 8.62. The van der Waals surface area contributed by atoms with Crippen molar-refractivity contribution in [1.29, 1.82) is 0 Å². The number of aliphatic hydroxyl groups excluding tert-OH is 2. The molecule has 1 saturated carbocycles. The molecule has 23 nitrogen and oxygen atoms in total. The molecule has 5 rings (SSSR count). The molecule has 0 radical (unpaired) electrons. The number of primary amides is 1. The Hall–Kier alpha value is -6.43. The van der Waals surface area contributed by atoms with Gasteiger partial charge in [-0.1, -0.05) is 43.0 Å². The number of rotatable bonds is 31. The number of aromatic nitrogens is 4. The molecule has 0 spiro atoms. The van der Waals surface area contributed by atoms with Gasteiger partial charge in [0, 0.05) is 54.6 Å². The summed E-state index contributed by atoms with van der Waals surface area (Å²) in [6, 6.07) is 11.7. The van der Waals surface area contributed by atoms with E-state index in [0.29, 0.717) is 66.6 Å². The first kappa shape index (κ1) is 60.1. The lowest BCUT2D eigenvalue weighted by Crippen LogP contribution is -2.45. The normalized spacial score (nSPS) is 17.2. The highest BCUT2D eigenvalue weighted by atomic mass is 32.2. The van der Waals surface area contributed by atoms with Crippen molar-refractivity contribution in [2.75, 3.05) is 63.4 Å². The number of hydrogen-bond acceptors (Lipinski definition) is 16. The number of anilines is 3. The van der Waals surface area contributed by atoms with E-state index in [4.69, 9.17) is 35.7 Å². The zero-order chi connectivity index (χ0) is 53.1. The molecular formula is C50H70N10O13S. The summed E-state index contributed by atoms with van der Waals surface area (Å²) in [6.45, 7) is 6.67. The average molecular weight is 1050 g/mol. The van der Waals surface area contributed by atoms with Crippen LogP contribution in [0.1, 0.15) is 76.5 Å². The fourth-order valence-electron chi connectivity index (χ4n) is 8.22. The van der Waals surface area contributed by atoms with E-state index in [9.17, 15) is 42.6 Å². The standard InChI is InChI=1S/C49H66N10O13S.CH3/c1-5-33-8-6-10-38(24-33)55-46-43-48(59(30-53-43)39-25-36(44(63)45(39)64)28-72-73(51,67)68)58(29-54-46)27-34-11-13-37(14-12-34)56-47(65)35(9-7-17-52-49(50)66)26-40(61)42(31(2)3)57-41(62)16-19-70-21-23-71-22-20-69-18-15-32(4)60;/h1,6,8,10-14,24,29-31,35-36,39,42,44-45,63-64H,7,9,15-23,25-28H2,2-4H3,(H7,50,51,52,56,57,62,65,66,67,68);1H3/q;-1/p+1/t35-,36-,39-,42+,44-,45+;/m1./s1. The minimum Gasteiger partial charge on any atom is -0.390 e. The molecule has 1 aliphatic rings. The quantitative estimate of drug-likeness (QED) is 0.0155. The van der Waals surface area contributed by atoms with Gasteiger partial charge in [-0.05, 0) is 68.0 Å². The first-order chi connectivity index (χ1) is 34.8. The van der Waals surface area contributed by atoms with Crippen LogP contribution in [0.15, 0.2) is 61.2 Å². The Morgan fingerprint density at radius 3 is 2.26 bits per heavy atom. The molecule has 0 aliphatic heterocycles. The number of imidazole rings is 1. The van der Waals surface area contributed by atoms with E-state index in [2.05, 4.69) is 37.2 Å². The molecule has 2 aromatic carbocycles. The number of carbonyl (C=O) groups excluding carboxylic acids is 5. The molecule has 1 fully saturated rings. The summed E-state index contributed by atoms with van der Waals surface area (Å²) in [4.78, 5) is 72.4. The lowest BCUT2D eigenvalue weighted by molar-refractivity contribution is -0.668. The zero-order valence-electron chi connectivity index (χ0n) is 42.2. The van der Waals surface area contributed by atoms with Gasteiger partial charge in [0.15, 0.2) is 17.6 Å². The number of urea groups is 1. The van der Waals surface area contributed by atoms with Gasteiger partial charge in [0.2, 0.25) is 24.0 Å². The first-order valence-electron chi connectivity index (χ1n) is 23.9. The largest absolute Gasteiger partial charge is 0.390 e. The van der Waals surface area contributed by atoms with Gasteiger partial charge in [0.05, 0.1) is 64.9 Å². The van der Waals surface area contributed by atoms with Crippen molar-refractivity contribution in [2.24, 2.45) is 28.6 Å². The molecule has 404 valence electrons. The van der Waals surface area contributed by atoms with Gasteiger partial charge in [0.25, 0.3) is 5.65 Å². The van der Waals surface area contributed by atoms with E-state index in [1.54, 1.807) is 71.8 Å². The minimum absolute atomic E-state index is 0. The van der Waals surface area contributed by atoms with Crippen molar-refractivity contribution in [3.8, 4) is 12.3 Å². The van der Waals surface area contributed by atoms with Crippen molar-refractivity contribution in [3.05, 3.63) is 79.7 Å². The maximum Gasteiger partial charge on any atom is 0.333 e. The number of aliphatic hydroxyl groups is 2. The van der Waals surface area contributed by atoms with E-state index < -0.39 is 70.9 Å². The number of nitrogens with zero attached hydrogens (tertiary/aromatic N) is 4. The highest BCUT2D eigenvalue weighted by molar-refractivity contribution is 7.84. The molecule has 74 heavy (non-hydrogen) atoms. The van der Waals surface area contributed by atoms with Gasteiger partial charge in [0.1, 0.15) is 17.9 Å². The SMILES string of the molecule is C#Cc1cccc(Nc2nc[n+](Cc3ccc(NC(=O)[C@H](CCCNC(N)=O)CC(=O)[C@@H](NC(=O)CCOCCOCCOCCC(C)=O)C(C)C)cc3)c3c2ncn3[C@@H]2C[C@H](COS(N)(=O)=O)[C@@H](O)[C@H]2O)c1.[CH3-]. The molecule has 6 atom stereocenters. The van der Waals surface area contributed by atoms with Crippen LogP contribution in [0.3, 0.4) is 0 Å². The number of Topliss-reactive ketones (excluding diaryl/α,β-unsaturated/α-hetero) is 2. The van der Waals surface area contributed by atoms with Crippen molar-refractivity contribution >= 4 is 68.1 Å². The number of fused-ring (bicyclic) bond motifs is 1. The summed E-state index contributed by atoms with van der Waals surface area (Å²) >= 11 is 0. The molecule has 4 amide bonds. The molecule has 10 N–H and O–H groups in total. The summed E-state index contributed by atoms with van der Waals surface area (Å²) in [5.74, 6) is -0.0843. The van der Waals surface area contributed by atoms with Crippen LogP contribution in [0.4, 0.5) is 22.0 Å². The number of hydrogen-bond donors (Lipinski definition) is 8. The molecule has 4 aromatic rings. The van der Waals surface area contributed by atoms with E-state index in [-0.39, 0.29) is 83.5 Å². The molecule has 0 unspecified atom stereocenters. The number of nitrogens with one attached hydrogen (secondary N) is 4. The van der Waals surface area contributed by atoms with E-state index in [1.807, 2.05) is 6.07 Å². The van der Waals surface area contributed by atoms with Crippen LogP contribution in [0.25, 0.3) is 11.2 Å². The molecule has 0 bridgehead atoms. The fraction of sp³-hybridized carbons (Fsp3) is 0.500. The Balaban J connectivity index is 0.0000119. The van der Waals surface area contributed by atoms with Crippen molar-refractivity contribution in [2.45, 2.75) is 90.1 Å². The fourth-order valence-corrected chi connectivity index (χ4v) is 8.59. The van der Waals surface area contributed by atoms with Gasteiger partial charge in [-0.25, -0.2) is 24.1 Å². The highest BCUT2D eigenvalue weighted by Crippen LogP contribution is 2.38. The second-order valence-corrected chi connectivity index (χ2v) is 19.3. The van der Waals surface area contributed by atoms with Crippen molar-refractivity contribution in [1.82, 2.24) is 25.2 Å². The van der Waals surface area contributed by atoms with E-state index in [1.165, 1.54) is 13.3 Å². The first-order valence-corrected chi connectivity index (χ1v) is 25.4. The number of benzene rings is 2. The average Bonchev–Trinajstić information content (AvgIpc) is 3.91. The Morgan fingerprint density at radius 1 is 0.946 bits per heavy atom. The third-order valence-corrected chi connectivity index (χ3v) is 12.5. The molecule has 2 aromatic heterocycles. The Kier molecular flexibility index (Phi) is 23.9. The van der Waals surface area contributed by atoms with Gasteiger partial charge < -0.3 is 58.9 Å².